The molecule has 0 unspecified atom stereocenters. The largest absolute Gasteiger partial charge is 0.497 e. The SMILES string of the molecule is COCCOC(=O)c1c(NC(=O)c2ccc(OC)cc2)sc2c1CCCC2. The summed E-state index contributed by atoms with van der Waals surface area (Å²) in [7, 11) is 3.13. The number of carbonyl (C=O) groups excluding carboxylic acids is 2. The molecule has 0 spiro atoms. The van der Waals surface area contributed by atoms with Crippen LogP contribution in [0.3, 0.4) is 0 Å². The third kappa shape index (κ3) is 4.48. The van der Waals surface area contributed by atoms with Gasteiger partial charge in [-0.1, -0.05) is 0 Å². The van der Waals surface area contributed by atoms with E-state index < -0.39 is 5.97 Å². The Balaban J connectivity index is 1.83. The van der Waals surface area contributed by atoms with Gasteiger partial charge in [-0.2, -0.15) is 0 Å². The average Bonchev–Trinajstić information content (AvgIpc) is 3.06. The minimum atomic E-state index is -0.406. The van der Waals surface area contributed by atoms with Crippen LogP contribution in [0.2, 0.25) is 0 Å². The molecule has 0 fully saturated rings. The summed E-state index contributed by atoms with van der Waals surface area (Å²) in [5, 5.41) is 3.46. The minimum absolute atomic E-state index is 0.186. The molecule has 0 saturated carbocycles. The number of carbonyl (C=O) groups is 2. The van der Waals surface area contributed by atoms with E-state index in [1.807, 2.05) is 0 Å². The molecule has 7 heteroatoms. The number of methoxy groups -OCH3 is 2. The van der Waals surface area contributed by atoms with Crippen molar-refractivity contribution < 1.29 is 23.8 Å². The maximum absolute atomic E-state index is 12.6. The van der Waals surface area contributed by atoms with E-state index in [4.69, 9.17) is 14.2 Å². The molecule has 0 radical (unpaired) electrons. The van der Waals surface area contributed by atoms with E-state index in [9.17, 15) is 9.59 Å². The predicted molar refractivity (Wildman–Crippen MR) is 104 cm³/mol. The first-order chi connectivity index (χ1) is 13.1. The Labute approximate surface area is 162 Å². The molecule has 1 aliphatic carbocycles. The van der Waals surface area contributed by atoms with Gasteiger partial charge in [0, 0.05) is 17.6 Å². The molecule has 3 rings (SSSR count). The predicted octanol–water partition coefficient (Wildman–Crippen LogP) is 3.69. The summed E-state index contributed by atoms with van der Waals surface area (Å²) in [5.74, 6) is 0.0132. The first-order valence-corrected chi connectivity index (χ1v) is 9.71. The van der Waals surface area contributed by atoms with Gasteiger partial charge in [0.2, 0.25) is 0 Å². The van der Waals surface area contributed by atoms with E-state index in [2.05, 4.69) is 5.32 Å². The van der Waals surface area contributed by atoms with Gasteiger partial charge in [0.15, 0.2) is 0 Å². The normalized spacial score (nSPS) is 13.0. The molecular weight excluding hydrogens is 366 g/mol. The summed E-state index contributed by atoms with van der Waals surface area (Å²) in [6, 6.07) is 6.85. The summed E-state index contributed by atoms with van der Waals surface area (Å²) >= 11 is 1.47. The molecule has 0 saturated heterocycles. The summed E-state index contributed by atoms with van der Waals surface area (Å²) in [6.45, 7) is 0.525. The van der Waals surface area contributed by atoms with Crippen molar-refractivity contribution in [1.82, 2.24) is 0 Å². The fourth-order valence-electron chi connectivity index (χ4n) is 3.08. The molecule has 1 aliphatic rings. The van der Waals surface area contributed by atoms with Gasteiger partial charge in [-0.15, -0.1) is 11.3 Å². The molecule has 1 amide bonds. The van der Waals surface area contributed by atoms with Crippen molar-refractivity contribution in [2.24, 2.45) is 0 Å². The van der Waals surface area contributed by atoms with Gasteiger partial charge in [0.1, 0.15) is 17.4 Å². The van der Waals surface area contributed by atoms with Crippen molar-refractivity contribution in [1.29, 1.82) is 0 Å². The maximum atomic E-state index is 12.6. The van der Waals surface area contributed by atoms with Crippen LogP contribution < -0.4 is 10.1 Å². The van der Waals surface area contributed by atoms with Crippen LogP contribution in [0.5, 0.6) is 5.75 Å². The highest BCUT2D eigenvalue weighted by molar-refractivity contribution is 7.17. The molecule has 2 aromatic rings. The lowest BCUT2D eigenvalue weighted by atomic mass is 9.95. The molecule has 6 nitrogen and oxygen atoms in total. The standard InChI is InChI=1S/C20H23NO5S/c1-24-11-12-26-20(23)17-15-5-3-4-6-16(15)27-19(17)21-18(22)13-7-9-14(25-2)10-8-13/h7-10H,3-6,11-12H2,1-2H3,(H,21,22). The second kappa shape index (κ2) is 9.01. The van der Waals surface area contributed by atoms with Crippen LogP contribution >= 0.6 is 11.3 Å². The third-order valence-electron chi connectivity index (χ3n) is 4.48. The minimum Gasteiger partial charge on any atom is -0.497 e. The quantitative estimate of drug-likeness (QED) is 0.577. The number of benzene rings is 1. The summed E-state index contributed by atoms with van der Waals surface area (Å²) in [4.78, 5) is 26.4. The van der Waals surface area contributed by atoms with E-state index in [1.54, 1.807) is 38.5 Å². The molecule has 0 atom stereocenters. The molecule has 0 bridgehead atoms. The number of ether oxygens (including phenoxy) is 3. The number of hydrogen-bond donors (Lipinski definition) is 1. The molecule has 27 heavy (non-hydrogen) atoms. The van der Waals surface area contributed by atoms with Gasteiger partial charge in [0.05, 0.1) is 19.3 Å². The van der Waals surface area contributed by atoms with Gasteiger partial charge in [-0.25, -0.2) is 4.79 Å². The Morgan fingerprint density at radius 1 is 1.07 bits per heavy atom. The summed E-state index contributed by atoms with van der Waals surface area (Å²) in [6.07, 6.45) is 3.89. The number of hydrogen-bond acceptors (Lipinski definition) is 6. The highest BCUT2D eigenvalue weighted by Crippen LogP contribution is 2.38. The summed E-state index contributed by atoms with van der Waals surface area (Å²) in [5.41, 5.74) is 2.01. The topological polar surface area (TPSA) is 73.9 Å². The van der Waals surface area contributed by atoms with Crippen LogP contribution in [0.1, 0.15) is 44.0 Å². The average molecular weight is 389 g/mol. The lowest BCUT2D eigenvalue weighted by Crippen LogP contribution is -2.17. The first kappa shape index (κ1) is 19.4. The number of fused-ring (bicyclic) bond motifs is 1. The van der Waals surface area contributed by atoms with E-state index in [-0.39, 0.29) is 12.5 Å². The number of anilines is 1. The van der Waals surface area contributed by atoms with Crippen LogP contribution in [-0.4, -0.2) is 39.3 Å². The van der Waals surface area contributed by atoms with Gasteiger partial charge < -0.3 is 19.5 Å². The smallest absolute Gasteiger partial charge is 0.341 e. The lowest BCUT2D eigenvalue weighted by molar-refractivity contribution is 0.0388. The van der Waals surface area contributed by atoms with Crippen molar-refractivity contribution in [2.75, 3.05) is 32.8 Å². The maximum Gasteiger partial charge on any atom is 0.341 e. The van der Waals surface area contributed by atoms with Gasteiger partial charge in [-0.05, 0) is 55.5 Å². The highest BCUT2D eigenvalue weighted by Gasteiger charge is 2.27. The van der Waals surface area contributed by atoms with Crippen LogP contribution in [0.25, 0.3) is 0 Å². The van der Waals surface area contributed by atoms with E-state index >= 15 is 0 Å². The molecular formula is C20H23NO5S. The van der Waals surface area contributed by atoms with Crippen molar-refractivity contribution in [3.8, 4) is 5.75 Å². The fraction of sp³-hybridized carbons (Fsp3) is 0.400. The zero-order valence-electron chi connectivity index (χ0n) is 15.5. The van der Waals surface area contributed by atoms with Crippen LogP contribution in [0.4, 0.5) is 5.00 Å². The van der Waals surface area contributed by atoms with Crippen LogP contribution in [0, 0.1) is 0 Å². The number of esters is 1. The number of aryl methyl sites for hydroxylation is 1. The van der Waals surface area contributed by atoms with Crippen LogP contribution in [-0.2, 0) is 22.3 Å². The molecule has 0 aliphatic heterocycles. The molecule has 1 aromatic carbocycles. The monoisotopic (exact) mass is 389 g/mol. The van der Waals surface area contributed by atoms with E-state index in [0.29, 0.717) is 28.5 Å². The molecule has 1 N–H and O–H groups in total. The number of thiophene rings is 1. The number of amides is 1. The highest BCUT2D eigenvalue weighted by atomic mass is 32.1. The molecule has 1 aromatic heterocycles. The second-order valence-corrected chi connectivity index (χ2v) is 7.33. The lowest BCUT2D eigenvalue weighted by Gasteiger charge is -2.13. The van der Waals surface area contributed by atoms with E-state index in [0.717, 1.165) is 36.1 Å². The Hall–Kier alpha value is -2.38. The first-order valence-electron chi connectivity index (χ1n) is 8.90. The van der Waals surface area contributed by atoms with Crippen molar-refractivity contribution in [3.05, 3.63) is 45.8 Å². The zero-order valence-corrected chi connectivity index (χ0v) is 16.3. The fourth-order valence-corrected chi connectivity index (χ4v) is 4.35. The van der Waals surface area contributed by atoms with E-state index in [1.165, 1.54) is 11.3 Å². The summed E-state index contributed by atoms with van der Waals surface area (Å²) < 4.78 is 15.4. The molecule has 1 heterocycles. The van der Waals surface area contributed by atoms with Crippen molar-refractivity contribution in [2.45, 2.75) is 25.7 Å². The van der Waals surface area contributed by atoms with Crippen LogP contribution in [0.15, 0.2) is 24.3 Å². The van der Waals surface area contributed by atoms with Gasteiger partial charge in [0.25, 0.3) is 5.91 Å². The number of nitrogens with one attached hydrogen (secondary N) is 1. The Kier molecular flexibility index (Phi) is 6.47. The Morgan fingerprint density at radius 2 is 1.81 bits per heavy atom. The van der Waals surface area contributed by atoms with Gasteiger partial charge >= 0.3 is 5.97 Å². The Morgan fingerprint density at radius 3 is 2.52 bits per heavy atom. The van der Waals surface area contributed by atoms with Crippen molar-refractivity contribution >= 4 is 28.2 Å². The van der Waals surface area contributed by atoms with Gasteiger partial charge in [-0.3, -0.25) is 4.79 Å². The zero-order chi connectivity index (χ0) is 19.2. The number of rotatable bonds is 7. The Bertz CT molecular complexity index is 813. The van der Waals surface area contributed by atoms with Crippen molar-refractivity contribution in [3.63, 3.8) is 0 Å². The second-order valence-electron chi connectivity index (χ2n) is 6.23. The molecule has 144 valence electrons. The third-order valence-corrected chi connectivity index (χ3v) is 5.68.